The molecule has 0 saturated heterocycles. The lowest BCUT2D eigenvalue weighted by atomic mass is 9.83. The molecule has 0 bridgehead atoms. The highest BCUT2D eigenvalue weighted by atomic mass is 79.9. The number of phenolic OH excluding ortho intramolecular Hbond substituents is 1. The second-order valence-electron chi connectivity index (χ2n) is 7.10. The van der Waals surface area contributed by atoms with Crippen molar-refractivity contribution in [3.8, 4) is 29.1 Å². The highest BCUT2D eigenvalue weighted by molar-refractivity contribution is 9.10. The van der Waals surface area contributed by atoms with Crippen molar-refractivity contribution in [2.24, 2.45) is 5.73 Å². The number of aromatic hydroxyl groups is 1. The van der Waals surface area contributed by atoms with Crippen molar-refractivity contribution in [3.05, 3.63) is 92.2 Å². The molecule has 1 heterocycles. The molecule has 0 radical (unpaired) electrons. The van der Waals surface area contributed by atoms with Gasteiger partial charge in [-0.2, -0.15) is 5.26 Å². The molecule has 3 aromatic rings. The summed E-state index contributed by atoms with van der Waals surface area (Å²) >= 11 is 9.52. The van der Waals surface area contributed by atoms with Crippen molar-refractivity contribution in [2.75, 3.05) is 7.11 Å². The van der Waals surface area contributed by atoms with E-state index in [1.54, 1.807) is 37.4 Å². The molecule has 0 unspecified atom stereocenters. The average molecular weight is 514 g/mol. The molecule has 0 spiro atoms. The van der Waals surface area contributed by atoms with E-state index < -0.39 is 5.92 Å². The highest BCUT2D eigenvalue weighted by Crippen LogP contribution is 2.47. The Balaban J connectivity index is 1.74. The van der Waals surface area contributed by atoms with Crippen LogP contribution in [0.2, 0.25) is 5.02 Å². The van der Waals surface area contributed by atoms with Gasteiger partial charge in [-0.05, 0) is 57.4 Å². The quantitative estimate of drug-likeness (QED) is 0.460. The zero-order valence-corrected chi connectivity index (χ0v) is 19.3. The number of ether oxygens (including phenoxy) is 3. The number of allylic oxidation sites excluding steroid dienone is 1. The summed E-state index contributed by atoms with van der Waals surface area (Å²) < 4.78 is 17.8. The Morgan fingerprint density at radius 2 is 1.94 bits per heavy atom. The fourth-order valence-electron chi connectivity index (χ4n) is 3.57. The first-order valence-electron chi connectivity index (χ1n) is 9.56. The van der Waals surface area contributed by atoms with Crippen molar-refractivity contribution in [2.45, 2.75) is 12.5 Å². The van der Waals surface area contributed by atoms with Gasteiger partial charge in [0.05, 0.1) is 17.5 Å². The van der Waals surface area contributed by atoms with Crippen molar-refractivity contribution < 1.29 is 19.3 Å². The second kappa shape index (κ2) is 9.03. The number of halogens is 2. The minimum Gasteiger partial charge on any atom is -0.508 e. The van der Waals surface area contributed by atoms with Crippen molar-refractivity contribution in [3.63, 3.8) is 0 Å². The maximum atomic E-state index is 9.83. The van der Waals surface area contributed by atoms with Gasteiger partial charge in [-0.15, -0.1) is 0 Å². The Hall–Kier alpha value is -3.34. The van der Waals surface area contributed by atoms with Gasteiger partial charge in [0.1, 0.15) is 29.7 Å². The Morgan fingerprint density at radius 1 is 1.19 bits per heavy atom. The molecule has 0 amide bonds. The lowest BCUT2D eigenvalue weighted by molar-refractivity contribution is 0.282. The van der Waals surface area contributed by atoms with E-state index in [1.807, 2.05) is 18.2 Å². The van der Waals surface area contributed by atoms with Gasteiger partial charge < -0.3 is 25.1 Å². The summed E-state index contributed by atoms with van der Waals surface area (Å²) in [6.07, 6.45) is 0. The Bertz CT molecular complexity index is 1250. The maximum Gasteiger partial charge on any atom is 0.205 e. The normalized spacial score (nSPS) is 14.9. The minimum atomic E-state index is -0.500. The second-order valence-corrected chi connectivity index (χ2v) is 8.39. The number of phenols is 1. The molecule has 1 aliphatic rings. The van der Waals surface area contributed by atoms with Gasteiger partial charge >= 0.3 is 0 Å². The highest BCUT2D eigenvalue weighted by Gasteiger charge is 2.32. The van der Waals surface area contributed by atoms with Crippen LogP contribution in [0.15, 0.2) is 70.5 Å². The van der Waals surface area contributed by atoms with Gasteiger partial charge in [-0.3, -0.25) is 0 Å². The molecule has 0 saturated carbocycles. The number of nitrogens with two attached hydrogens (primary N) is 1. The molecular weight excluding hydrogens is 496 g/mol. The lowest BCUT2D eigenvalue weighted by Crippen LogP contribution is -2.21. The van der Waals surface area contributed by atoms with E-state index in [1.165, 1.54) is 6.07 Å². The summed E-state index contributed by atoms with van der Waals surface area (Å²) in [4.78, 5) is 0. The smallest absolute Gasteiger partial charge is 0.205 e. The van der Waals surface area contributed by atoms with Crippen molar-refractivity contribution in [1.29, 1.82) is 5.26 Å². The summed E-state index contributed by atoms with van der Waals surface area (Å²) in [5.74, 6) is 0.948. The molecule has 4 rings (SSSR count). The number of fused-ring (bicyclic) bond motifs is 1. The summed E-state index contributed by atoms with van der Waals surface area (Å²) in [5, 5.41) is 20.2. The summed E-state index contributed by atoms with van der Waals surface area (Å²) in [6, 6.07) is 17.9. The zero-order chi connectivity index (χ0) is 22.8. The third-order valence-corrected chi connectivity index (χ3v) is 5.93. The van der Waals surface area contributed by atoms with Gasteiger partial charge in [-0.25, -0.2) is 0 Å². The zero-order valence-electron chi connectivity index (χ0n) is 16.9. The van der Waals surface area contributed by atoms with Crippen LogP contribution in [0, 0.1) is 11.3 Å². The predicted octanol–water partition coefficient (Wildman–Crippen LogP) is 5.61. The van der Waals surface area contributed by atoms with E-state index in [-0.39, 0.29) is 17.2 Å². The van der Waals surface area contributed by atoms with Gasteiger partial charge in [0, 0.05) is 16.7 Å². The SMILES string of the molecule is COc1cc([C@@H]2C(C#N)=C(N)Oc3cc(O)ccc32)cc(Br)c1OCc1ccc(Cl)cc1. The monoisotopic (exact) mass is 512 g/mol. The van der Waals surface area contributed by atoms with Crippen LogP contribution in [0.5, 0.6) is 23.0 Å². The molecule has 0 aromatic heterocycles. The molecule has 1 atom stereocenters. The molecule has 8 heteroatoms. The van der Waals surface area contributed by atoms with Gasteiger partial charge in [0.25, 0.3) is 0 Å². The molecule has 6 nitrogen and oxygen atoms in total. The minimum absolute atomic E-state index is 0.00578. The number of benzene rings is 3. The summed E-state index contributed by atoms with van der Waals surface area (Å²) in [6.45, 7) is 0.321. The number of hydrogen-bond acceptors (Lipinski definition) is 6. The van der Waals surface area contributed by atoms with Crippen molar-refractivity contribution in [1.82, 2.24) is 0 Å². The average Bonchev–Trinajstić information content (AvgIpc) is 2.77. The fourth-order valence-corrected chi connectivity index (χ4v) is 4.27. The van der Waals surface area contributed by atoms with Crippen molar-refractivity contribution >= 4 is 27.5 Å². The molecule has 1 aliphatic heterocycles. The van der Waals surface area contributed by atoms with E-state index in [0.717, 1.165) is 11.1 Å². The van der Waals surface area contributed by atoms with Gasteiger partial charge in [0.2, 0.25) is 5.88 Å². The predicted molar refractivity (Wildman–Crippen MR) is 124 cm³/mol. The third-order valence-electron chi connectivity index (χ3n) is 5.08. The Labute approximate surface area is 198 Å². The van der Waals surface area contributed by atoms with Crippen LogP contribution in [-0.2, 0) is 6.61 Å². The standard InChI is InChI=1S/C24H18BrClN2O4/c1-30-21-9-14(8-19(25)23(21)31-12-13-2-4-15(26)5-3-13)22-17-7-6-16(29)10-20(17)32-24(28)18(22)11-27/h2-10,22,29H,12,28H2,1H3/t22-/m0/s1. The maximum absolute atomic E-state index is 9.83. The molecule has 0 fully saturated rings. The number of nitrogens with zero attached hydrogens (tertiary/aromatic N) is 1. The van der Waals surface area contributed by atoms with Gasteiger partial charge in [-0.1, -0.05) is 29.8 Å². The van der Waals surface area contributed by atoms with Crippen LogP contribution in [0.1, 0.15) is 22.6 Å². The molecule has 0 aliphatic carbocycles. The topological polar surface area (TPSA) is 97.7 Å². The van der Waals surface area contributed by atoms with Crippen LogP contribution < -0.4 is 19.9 Å². The number of rotatable bonds is 5. The number of methoxy groups -OCH3 is 1. The summed E-state index contributed by atoms with van der Waals surface area (Å²) in [5.41, 5.74) is 8.70. The molecule has 3 N–H and O–H groups in total. The van der Waals surface area contributed by atoms with Crippen LogP contribution in [-0.4, -0.2) is 12.2 Å². The third kappa shape index (κ3) is 4.20. The van der Waals surface area contributed by atoms with E-state index in [9.17, 15) is 10.4 Å². The largest absolute Gasteiger partial charge is 0.508 e. The van der Waals surface area contributed by atoms with E-state index in [4.69, 9.17) is 31.5 Å². The van der Waals surface area contributed by atoms with Gasteiger partial charge in [0.15, 0.2) is 11.5 Å². The van der Waals surface area contributed by atoms with Crippen LogP contribution in [0.3, 0.4) is 0 Å². The van der Waals surface area contributed by atoms with E-state index in [2.05, 4.69) is 22.0 Å². The fraction of sp³-hybridized carbons (Fsp3) is 0.125. The Morgan fingerprint density at radius 3 is 2.62 bits per heavy atom. The molecule has 3 aromatic carbocycles. The van der Waals surface area contributed by atoms with Crippen LogP contribution in [0.25, 0.3) is 0 Å². The molecular formula is C24H18BrClN2O4. The Kier molecular flexibility index (Phi) is 6.17. The van der Waals surface area contributed by atoms with Crippen LogP contribution >= 0.6 is 27.5 Å². The first-order valence-corrected chi connectivity index (χ1v) is 10.7. The van der Waals surface area contributed by atoms with Crippen LogP contribution in [0.4, 0.5) is 0 Å². The number of nitriles is 1. The first kappa shape index (κ1) is 21.9. The lowest BCUT2D eigenvalue weighted by Gasteiger charge is -2.27. The molecule has 162 valence electrons. The first-order chi connectivity index (χ1) is 15.4. The number of hydrogen-bond donors (Lipinski definition) is 2. The summed E-state index contributed by atoms with van der Waals surface area (Å²) in [7, 11) is 1.55. The molecule has 32 heavy (non-hydrogen) atoms. The van der Waals surface area contributed by atoms with E-state index in [0.29, 0.717) is 38.9 Å². The van der Waals surface area contributed by atoms with E-state index >= 15 is 0 Å².